The highest BCUT2D eigenvalue weighted by Gasteiger charge is 2.15. The molecule has 0 saturated carbocycles. The molecule has 3 aromatic rings. The molecule has 3 rings (SSSR count). The van der Waals surface area contributed by atoms with E-state index in [0.717, 1.165) is 4.47 Å². The minimum Gasteiger partial charge on any atom is -0.497 e. The summed E-state index contributed by atoms with van der Waals surface area (Å²) in [7, 11) is 1.53. The Morgan fingerprint density at radius 2 is 2.00 bits per heavy atom. The van der Waals surface area contributed by atoms with E-state index in [1.165, 1.54) is 13.2 Å². The number of rotatable bonds is 3. The Morgan fingerprint density at radius 1 is 1.21 bits per heavy atom. The molecule has 1 amide bonds. The molecule has 122 valence electrons. The Bertz CT molecular complexity index is 1000. The number of benzene rings is 2. The van der Waals surface area contributed by atoms with Gasteiger partial charge in [-0.2, -0.15) is 0 Å². The second-order valence-corrected chi connectivity index (χ2v) is 6.25. The molecular formula is C17H11BrClNO4. The van der Waals surface area contributed by atoms with E-state index in [-0.39, 0.29) is 5.56 Å². The van der Waals surface area contributed by atoms with Crippen LogP contribution in [0.2, 0.25) is 5.02 Å². The standard InChI is InChI=1S/C17H11BrClNO4/c1-23-11-3-5-15-9(6-11)7-12(17(22)24-15)16(21)20-14-4-2-10(18)8-13(14)19/h2-8H,1H3,(H,20,21). The summed E-state index contributed by atoms with van der Waals surface area (Å²) in [6.07, 6.45) is 0. The monoisotopic (exact) mass is 407 g/mol. The molecule has 7 heteroatoms. The first-order valence-corrected chi connectivity index (χ1v) is 8.03. The number of amides is 1. The van der Waals surface area contributed by atoms with Crippen molar-refractivity contribution in [1.82, 2.24) is 0 Å². The van der Waals surface area contributed by atoms with Crippen LogP contribution in [0.3, 0.4) is 0 Å². The van der Waals surface area contributed by atoms with E-state index >= 15 is 0 Å². The molecule has 0 bridgehead atoms. The Hall–Kier alpha value is -2.31. The number of anilines is 1. The first kappa shape index (κ1) is 16.5. The Morgan fingerprint density at radius 3 is 2.71 bits per heavy atom. The predicted molar refractivity (Wildman–Crippen MR) is 96.1 cm³/mol. The average molecular weight is 409 g/mol. The zero-order valence-electron chi connectivity index (χ0n) is 12.4. The van der Waals surface area contributed by atoms with Crippen molar-refractivity contribution in [3.8, 4) is 5.75 Å². The molecule has 1 N–H and O–H groups in total. The fraction of sp³-hybridized carbons (Fsp3) is 0.0588. The number of ether oxygens (including phenoxy) is 1. The molecular weight excluding hydrogens is 398 g/mol. The van der Waals surface area contributed by atoms with Crippen molar-refractivity contribution in [2.75, 3.05) is 12.4 Å². The van der Waals surface area contributed by atoms with E-state index in [1.54, 1.807) is 36.4 Å². The second-order valence-electron chi connectivity index (χ2n) is 4.93. The van der Waals surface area contributed by atoms with Gasteiger partial charge in [0.15, 0.2) is 0 Å². The van der Waals surface area contributed by atoms with Crippen LogP contribution in [0.25, 0.3) is 11.0 Å². The van der Waals surface area contributed by atoms with Crippen LogP contribution in [-0.4, -0.2) is 13.0 Å². The molecule has 0 unspecified atom stereocenters. The maximum absolute atomic E-state index is 12.4. The van der Waals surface area contributed by atoms with Gasteiger partial charge in [-0.25, -0.2) is 4.79 Å². The smallest absolute Gasteiger partial charge is 0.349 e. The van der Waals surface area contributed by atoms with Crippen LogP contribution >= 0.6 is 27.5 Å². The van der Waals surface area contributed by atoms with Crippen LogP contribution in [-0.2, 0) is 0 Å². The summed E-state index contributed by atoms with van der Waals surface area (Å²) in [6, 6.07) is 11.4. The van der Waals surface area contributed by atoms with Crippen molar-refractivity contribution < 1.29 is 13.9 Å². The van der Waals surface area contributed by atoms with E-state index in [9.17, 15) is 9.59 Å². The van der Waals surface area contributed by atoms with Gasteiger partial charge in [0.2, 0.25) is 0 Å². The largest absolute Gasteiger partial charge is 0.497 e. The van der Waals surface area contributed by atoms with Crippen LogP contribution < -0.4 is 15.7 Å². The number of methoxy groups -OCH3 is 1. The number of hydrogen-bond acceptors (Lipinski definition) is 4. The van der Waals surface area contributed by atoms with Crippen LogP contribution in [0.15, 0.2) is 56.1 Å². The highest BCUT2D eigenvalue weighted by molar-refractivity contribution is 9.10. The molecule has 0 atom stereocenters. The Labute approximate surface area is 150 Å². The molecule has 0 fully saturated rings. The van der Waals surface area contributed by atoms with Crippen LogP contribution in [0.4, 0.5) is 5.69 Å². The molecule has 24 heavy (non-hydrogen) atoms. The van der Waals surface area contributed by atoms with Gasteiger partial charge in [-0.15, -0.1) is 0 Å². The highest BCUT2D eigenvalue weighted by Crippen LogP contribution is 2.26. The number of hydrogen-bond donors (Lipinski definition) is 1. The third-order valence-electron chi connectivity index (χ3n) is 3.36. The fourth-order valence-electron chi connectivity index (χ4n) is 2.17. The number of nitrogens with one attached hydrogen (secondary N) is 1. The molecule has 1 heterocycles. The Kier molecular flexibility index (Phi) is 4.59. The minimum absolute atomic E-state index is 0.116. The lowest BCUT2D eigenvalue weighted by Crippen LogP contribution is -2.20. The number of carbonyl (C=O) groups excluding carboxylic acids is 1. The molecule has 0 spiro atoms. The number of halogens is 2. The van der Waals surface area contributed by atoms with Crippen molar-refractivity contribution in [3.63, 3.8) is 0 Å². The lowest BCUT2D eigenvalue weighted by Gasteiger charge is -2.08. The van der Waals surface area contributed by atoms with Gasteiger partial charge in [0.05, 0.1) is 17.8 Å². The molecule has 0 aliphatic heterocycles. The third kappa shape index (κ3) is 3.29. The van der Waals surface area contributed by atoms with E-state index in [1.807, 2.05) is 0 Å². The maximum Gasteiger partial charge on any atom is 0.349 e. The van der Waals surface area contributed by atoms with Gasteiger partial charge in [-0.05, 0) is 42.5 Å². The second kappa shape index (κ2) is 6.67. The van der Waals surface area contributed by atoms with Gasteiger partial charge < -0.3 is 14.5 Å². The van der Waals surface area contributed by atoms with Crippen LogP contribution in [0.5, 0.6) is 5.75 Å². The van der Waals surface area contributed by atoms with Gasteiger partial charge >= 0.3 is 5.63 Å². The van der Waals surface area contributed by atoms with Crippen molar-refractivity contribution in [3.05, 3.63) is 67.9 Å². The molecule has 0 aliphatic rings. The maximum atomic E-state index is 12.4. The molecule has 0 radical (unpaired) electrons. The summed E-state index contributed by atoms with van der Waals surface area (Å²) in [5.41, 5.74) is -0.0674. The van der Waals surface area contributed by atoms with E-state index < -0.39 is 11.5 Å². The topological polar surface area (TPSA) is 68.5 Å². The van der Waals surface area contributed by atoms with Crippen LogP contribution in [0, 0.1) is 0 Å². The minimum atomic E-state index is -0.724. The van der Waals surface area contributed by atoms with E-state index in [2.05, 4.69) is 21.2 Å². The molecule has 0 saturated heterocycles. The summed E-state index contributed by atoms with van der Waals surface area (Å²) in [4.78, 5) is 24.5. The van der Waals surface area contributed by atoms with Gasteiger partial charge in [0, 0.05) is 9.86 Å². The first-order chi connectivity index (χ1) is 11.5. The average Bonchev–Trinajstić information content (AvgIpc) is 2.56. The highest BCUT2D eigenvalue weighted by atomic mass is 79.9. The van der Waals surface area contributed by atoms with Gasteiger partial charge in [-0.1, -0.05) is 27.5 Å². The van der Waals surface area contributed by atoms with Crippen molar-refractivity contribution >= 4 is 50.1 Å². The number of carbonyl (C=O) groups is 1. The third-order valence-corrected chi connectivity index (χ3v) is 4.17. The van der Waals surface area contributed by atoms with Gasteiger partial charge in [-0.3, -0.25) is 4.79 Å². The van der Waals surface area contributed by atoms with E-state index in [4.69, 9.17) is 20.8 Å². The van der Waals surface area contributed by atoms with E-state index in [0.29, 0.717) is 27.4 Å². The molecule has 2 aromatic carbocycles. The van der Waals surface area contributed by atoms with Gasteiger partial charge in [0.1, 0.15) is 16.9 Å². The number of fused-ring (bicyclic) bond motifs is 1. The predicted octanol–water partition coefficient (Wildman–Crippen LogP) is 4.47. The van der Waals surface area contributed by atoms with Crippen molar-refractivity contribution in [2.45, 2.75) is 0 Å². The summed E-state index contributed by atoms with van der Waals surface area (Å²) in [6.45, 7) is 0. The molecule has 5 nitrogen and oxygen atoms in total. The fourth-order valence-corrected chi connectivity index (χ4v) is 2.89. The lowest BCUT2D eigenvalue weighted by atomic mass is 10.1. The molecule has 1 aromatic heterocycles. The normalized spacial score (nSPS) is 10.6. The summed E-state index contributed by atoms with van der Waals surface area (Å²) < 4.78 is 11.1. The SMILES string of the molecule is COc1ccc2oc(=O)c(C(=O)Nc3ccc(Br)cc3Cl)cc2c1. The molecule has 0 aliphatic carbocycles. The van der Waals surface area contributed by atoms with Crippen LogP contribution in [0.1, 0.15) is 10.4 Å². The zero-order valence-corrected chi connectivity index (χ0v) is 14.8. The Balaban J connectivity index is 1.99. The first-order valence-electron chi connectivity index (χ1n) is 6.86. The quantitative estimate of drug-likeness (QED) is 0.649. The zero-order chi connectivity index (χ0) is 17.3. The van der Waals surface area contributed by atoms with Crippen molar-refractivity contribution in [2.24, 2.45) is 0 Å². The summed E-state index contributed by atoms with van der Waals surface area (Å²) in [5, 5.41) is 3.54. The summed E-state index contributed by atoms with van der Waals surface area (Å²) >= 11 is 9.36. The lowest BCUT2D eigenvalue weighted by molar-refractivity contribution is 0.102. The van der Waals surface area contributed by atoms with Gasteiger partial charge in [0.25, 0.3) is 5.91 Å². The summed E-state index contributed by atoms with van der Waals surface area (Å²) in [5.74, 6) is -0.00338. The van der Waals surface area contributed by atoms with Crippen molar-refractivity contribution in [1.29, 1.82) is 0 Å².